The van der Waals surface area contributed by atoms with E-state index in [4.69, 9.17) is 0 Å². The highest BCUT2D eigenvalue weighted by Crippen LogP contribution is 2.34. The lowest BCUT2D eigenvalue weighted by Crippen LogP contribution is -2.30. The molecule has 1 N–H and O–H groups in total. The largest absolute Gasteiger partial charge is 0.373 e. The Morgan fingerprint density at radius 3 is 2.76 bits per heavy atom. The molecule has 0 aromatic carbocycles. The van der Waals surface area contributed by atoms with E-state index in [9.17, 15) is 0 Å². The highest BCUT2D eigenvalue weighted by molar-refractivity contribution is 5.39. The maximum atomic E-state index is 4.59. The highest BCUT2D eigenvalue weighted by atomic mass is 15.2. The van der Waals surface area contributed by atoms with Gasteiger partial charge >= 0.3 is 0 Å². The van der Waals surface area contributed by atoms with Gasteiger partial charge in [0.2, 0.25) is 0 Å². The Morgan fingerprint density at radius 2 is 2.18 bits per heavy atom. The summed E-state index contributed by atoms with van der Waals surface area (Å²) in [4.78, 5) is 7.18. The SMILES string of the molecule is CNc1ccc(C2CCCN2C(C)C)c(C)n1. The van der Waals surface area contributed by atoms with Gasteiger partial charge in [-0.15, -0.1) is 0 Å². The zero-order valence-electron chi connectivity index (χ0n) is 11.3. The van der Waals surface area contributed by atoms with Crippen LogP contribution in [-0.4, -0.2) is 29.5 Å². The number of likely N-dealkylation sites (tertiary alicyclic amines) is 1. The second-order valence-electron chi connectivity index (χ2n) is 5.11. The normalized spacial score (nSPS) is 21.1. The van der Waals surface area contributed by atoms with Gasteiger partial charge in [0.05, 0.1) is 0 Å². The van der Waals surface area contributed by atoms with E-state index in [1.165, 1.54) is 24.9 Å². The van der Waals surface area contributed by atoms with Gasteiger partial charge in [0.15, 0.2) is 0 Å². The molecule has 0 amide bonds. The first-order valence-corrected chi connectivity index (χ1v) is 6.54. The highest BCUT2D eigenvalue weighted by Gasteiger charge is 2.29. The van der Waals surface area contributed by atoms with E-state index in [-0.39, 0.29) is 0 Å². The summed E-state index contributed by atoms with van der Waals surface area (Å²) in [7, 11) is 1.91. The zero-order chi connectivity index (χ0) is 12.4. The molecular weight excluding hydrogens is 210 g/mol. The van der Waals surface area contributed by atoms with E-state index < -0.39 is 0 Å². The van der Waals surface area contributed by atoms with Gasteiger partial charge in [0.1, 0.15) is 5.82 Å². The predicted molar refractivity (Wildman–Crippen MR) is 72.3 cm³/mol. The molecule has 3 heteroatoms. The minimum atomic E-state index is 0.563. The van der Waals surface area contributed by atoms with Crippen molar-refractivity contribution in [3.8, 4) is 0 Å². The Bertz CT molecular complexity index is 387. The molecule has 0 aliphatic carbocycles. The molecule has 1 unspecified atom stereocenters. The number of aryl methyl sites for hydroxylation is 1. The molecule has 1 atom stereocenters. The third-order valence-electron chi connectivity index (χ3n) is 3.70. The van der Waals surface area contributed by atoms with Crippen LogP contribution >= 0.6 is 0 Å². The lowest BCUT2D eigenvalue weighted by molar-refractivity contribution is 0.204. The van der Waals surface area contributed by atoms with Crippen molar-refractivity contribution < 1.29 is 0 Å². The first-order chi connectivity index (χ1) is 8.13. The number of nitrogens with zero attached hydrogens (tertiary/aromatic N) is 2. The first-order valence-electron chi connectivity index (χ1n) is 6.54. The molecule has 1 saturated heterocycles. The van der Waals surface area contributed by atoms with E-state index in [1.54, 1.807) is 0 Å². The van der Waals surface area contributed by atoms with Gasteiger partial charge < -0.3 is 5.32 Å². The predicted octanol–water partition coefficient (Wildman–Crippen LogP) is 2.98. The average Bonchev–Trinajstić information content (AvgIpc) is 2.77. The van der Waals surface area contributed by atoms with Gasteiger partial charge in [-0.25, -0.2) is 4.98 Å². The number of pyridine rings is 1. The van der Waals surface area contributed by atoms with E-state index in [0.717, 1.165) is 11.5 Å². The molecule has 0 bridgehead atoms. The third-order valence-corrected chi connectivity index (χ3v) is 3.70. The molecule has 17 heavy (non-hydrogen) atoms. The van der Waals surface area contributed by atoms with Crippen molar-refractivity contribution in [3.05, 3.63) is 23.4 Å². The van der Waals surface area contributed by atoms with Crippen LogP contribution < -0.4 is 5.32 Å². The first kappa shape index (κ1) is 12.4. The smallest absolute Gasteiger partial charge is 0.125 e. The molecule has 0 spiro atoms. The van der Waals surface area contributed by atoms with Crippen molar-refractivity contribution in [1.82, 2.24) is 9.88 Å². The maximum Gasteiger partial charge on any atom is 0.125 e. The second-order valence-corrected chi connectivity index (χ2v) is 5.11. The molecule has 1 aliphatic heterocycles. The number of nitrogens with one attached hydrogen (secondary N) is 1. The van der Waals surface area contributed by atoms with E-state index in [1.807, 2.05) is 7.05 Å². The molecule has 0 radical (unpaired) electrons. The molecule has 1 fully saturated rings. The van der Waals surface area contributed by atoms with Crippen molar-refractivity contribution in [2.24, 2.45) is 0 Å². The Balaban J connectivity index is 2.27. The molecule has 94 valence electrons. The molecular formula is C14H23N3. The molecule has 1 aromatic heterocycles. The molecule has 2 heterocycles. The zero-order valence-corrected chi connectivity index (χ0v) is 11.3. The van der Waals surface area contributed by atoms with Gasteiger partial charge in [0, 0.05) is 24.8 Å². The van der Waals surface area contributed by atoms with Gasteiger partial charge in [0.25, 0.3) is 0 Å². The summed E-state index contributed by atoms with van der Waals surface area (Å²) in [6.45, 7) is 7.90. The molecule has 1 aromatic rings. The topological polar surface area (TPSA) is 28.2 Å². The van der Waals surface area contributed by atoms with Crippen molar-refractivity contribution in [1.29, 1.82) is 0 Å². The van der Waals surface area contributed by atoms with E-state index >= 15 is 0 Å². The summed E-state index contributed by atoms with van der Waals surface area (Å²) >= 11 is 0. The summed E-state index contributed by atoms with van der Waals surface area (Å²) in [5, 5.41) is 3.09. The van der Waals surface area contributed by atoms with E-state index in [0.29, 0.717) is 12.1 Å². The van der Waals surface area contributed by atoms with Crippen LogP contribution in [0, 0.1) is 6.92 Å². The number of anilines is 1. The van der Waals surface area contributed by atoms with Gasteiger partial charge in [-0.2, -0.15) is 0 Å². The summed E-state index contributed by atoms with van der Waals surface area (Å²) in [6.07, 6.45) is 2.57. The Hall–Kier alpha value is -1.09. The summed E-state index contributed by atoms with van der Waals surface area (Å²) in [6, 6.07) is 5.50. The van der Waals surface area contributed by atoms with Crippen LogP contribution in [0.4, 0.5) is 5.82 Å². The number of hydrogen-bond donors (Lipinski definition) is 1. The van der Waals surface area contributed by atoms with Gasteiger partial charge in [-0.3, -0.25) is 4.90 Å². The molecule has 0 saturated carbocycles. The van der Waals surface area contributed by atoms with Crippen LogP contribution in [0.3, 0.4) is 0 Å². The summed E-state index contributed by atoms with van der Waals surface area (Å²) < 4.78 is 0. The van der Waals surface area contributed by atoms with Crippen LogP contribution in [0.5, 0.6) is 0 Å². The van der Waals surface area contributed by atoms with Crippen molar-refractivity contribution in [2.45, 2.75) is 45.7 Å². The maximum absolute atomic E-state index is 4.59. The summed E-state index contributed by atoms with van der Waals surface area (Å²) in [5.74, 6) is 0.959. The lowest BCUT2D eigenvalue weighted by atomic mass is 10.0. The fourth-order valence-corrected chi connectivity index (χ4v) is 2.80. The van der Waals surface area contributed by atoms with Crippen LogP contribution in [0.1, 0.15) is 44.0 Å². The Kier molecular flexibility index (Phi) is 3.67. The van der Waals surface area contributed by atoms with Crippen molar-refractivity contribution in [2.75, 3.05) is 18.9 Å². The fourth-order valence-electron chi connectivity index (χ4n) is 2.80. The standard InChI is InChI=1S/C14H23N3/c1-10(2)17-9-5-6-13(17)12-7-8-14(15-4)16-11(12)3/h7-8,10,13H,5-6,9H2,1-4H3,(H,15,16). The minimum absolute atomic E-state index is 0.563. The van der Waals surface area contributed by atoms with E-state index in [2.05, 4.69) is 48.1 Å². The fraction of sp³-hybridized carbons (Fsp3) is 0.643. The van der Waals surface area contributed by atoms with Crippen LogP contribution in [0.2, 0.25) is 0 Å². The average molecular weight is 233 g/mol. The molecule has 1 aliphatic rings. The number of aromatic nitrogens is 1. The number of rotatable bonds is 3. The van der Waals surface area contributed by atoms with Crippen LogP contribution in [0.15, 0.2) is 12.1 Å². The number of hydrogen-bond acceptors (Lipinski definition) is 3. The van der Waals surface area contributed by atoms with Crippen molar-refractivity contribution in [3.63, 3.8) is 0 Å². The van der Waals surface area contributed by atoms with Crippen molar-refractivity contribution >= 4 is 5.82 Å². The van der Waals surface area contributed by atoms with Gasteiger partial charge in [-0.1, -0.05) is 6.07 Å². The molecule has 3 nitrogen and oxygen atoms in total. The monoisotopic (exact) mass is 233 g/mol. The Morgan fingerprint density at radius 1 is 1.41 bits per heavy atom. The van der Waals surface area contributed by atoms with Crippen LogP contribution in [-0.2, 0) is 0 Å². The summed E-state index contributed by atoms with van der Waals surface area (Å²) in [5.41, 5.74) is 2.56. The van der Waals surface area contributed by atoms with Gasteiger partial charge in [-0.05, 0) is 51.8 Å². The lowest BCUT2D eigenvalue weighted by Gasteiger charge is -2.29. The Labute approximate surface area is 104 Å². The minimum Gasteiger partial charge on any atom is -0.373 e. The second kappa shape index (κ2) is 5.05. The van der Waals surface area contributed by atoms with Crippen LogP contribution in [0.25, 0.3) is 0 Å². The third kappa shape index (κ3) is 2.44. The molecule has 2 rings (SSSR count). The quantitative estimate of drug-likeness (QED) is 0.870.